The highest BCUT2D eigenvalue weighted by molar-refractivity contribution is 7.22. The first kappa shape index (κ1) is 23.5. The second-order valence-electron chi connectivity index (χ2n) is 8.01. The van der Waals surface area contributed by atoms with Gasteiger partial charge in [0.15, 0.2) is 16.6 Å². The van der Waals surface area contributed by atoms with Gasteiger partial charge >= 0.3 is 0 Å². The van der Waals surface area contributed by atoms with Gasteiger partial charge in [-0.25, -0.2) is 4.98 Å². The van der Waals surface area contributed by atoms with E-state index in [0.29, 0.717) is 40.4 Å². The largest absolute Gasteiger partial charge is 0.493 e. The molecule has 2 aromatic heterocycles. The van der Waals surface area contributed by atoms with Crippen molar-refractivity contribution in [1.82, 2.24) is 9.97 Å². The lowest BCUT2D eigenvalue weighted by Crippen LogP contribution is -2.30. The van der Waals surface area contributed by atoms with Crippen LogP contribution in [0.5, 0.6) is 17.2 Å². The molecule has 0 unspecified atom stereocenters. The minimum atomic E-state index is -0.228. The third kappa shape index (κ3) is 4.54. The van der Waals surface area contributed by atoms with Crippen molar-refractivity contribution < 1.29 is 19.0 Å². The Bertz CT molecular complexity index is 1280. The van der Waals surface area contributed by atoms with Gasteiger partial charge < -0.3 is 14.2 Å². The lowest BCUT2D eigenvalue weighted by Gasteiger charge is -2.21. The second-order valence-corrected chi connectivity index (χ2v) is 9.02. The molecule has 0 atom stereocenters. The van der Waals surface area contributed by atoms with Gasteiger partial charge in [-0.3, -0.25) is 14.7 Å². The van der Waals surface area contributed by atoms with Crippen LogP contribution in [-0.4, -0.2) is 37.2 Å². The number of fused-ring (bicyclic) bond motifs is 1. The van der Waals surface area contributed by atoms with Gasteiger partial charge in [0.25, 0.3) is 5.91 Å². The number of thiazole rings is 1. The fraction of sp³-hybridized carbons (Fsp3) is 0.269. The van der Waals surface area contributed by atoms with E-state index in [1.165, 1.54) is 32.7 Å². The first-order valence-corrected chi connectivity index (χ1v) is 11.7. The van der Waals surface area contributed by atoms with Gasteiger partial charge in [0, 0.05) is 18.0 Å². The number of hydrogen-bond acceptors (Lipinski definition) is 7. The summed E-state index contributed by atoms with van der Waals surface area (Å²) in [7, 11) is 4.59. The molecule has 2 heterocycles. The SMILES string of the molecule is COc1cc(C(=O)N(Cc2cccnc2)c2nc3c(C(C)C)cccc3s2)cc(OC)c1OC. The lowest BCUT2D eigenvalue weighted by atomic mass is 10.0. The Kier molecular flexibility index (Phi) is 6.98. The number of para-hydroxylation sites is 1. The highest BCUT2D eigenvalue weighted by atomic mass is 32.1. The van der Waals surface area contributed by atoms with Crippen molar-refractivity contribution in [2.24, 2.45) is 0 Å². The summed E-state index contributed by atoms with van der Waals surface area (Å²) in [5.41, 5.74) is 3.38. The van der Waals surface area contributed by atoms with Crippen molar-refractivity contribution in [3.63, 3.8) is 0 Å². The number of pyridine rings is 1. The molecule has 0 spiro atoms. The molecule has 0 N–H and O–H groups in total. The number of aromatic nitrogens is 2. The third-order valence-corrected chi connectivity index (χ3v) is 6.56. The molecule has 0 saturated heterocycles. The molecule has 176 valence electrons. The summed E-state index contributed by atoms with van der Waals surface area (Å²) in [5, 5.41) is 0.616. The zero-order valence-corrected chi connectivity index (χ0v) is 20.7. The van der Waals surface area contributed by atoms with Crippen LogP contribution in [0.15, 0.2) is 54.9 Å². The maximum Gasteiger partial charge on any atom is 0.260 e. The summed E-state index contributed by atoms with van der Waals surface area (Å²) in [5.74, 6) is 1.35. The Morgan fingerprint density at radius 3 is 2.35 bits per heavy atom. The van der Waals surface area contributed by atoms with Gasteiger partial charge in [-0.15, -0.1) is 0 Å². The number of methoxy groups -OCH3 is 3. The van der Waals surface area contributed by atoms with Gasteiger partial charge in [0.2, 0.25) is 5.75 Å². The Morgan fingerprint density at radius 2 is 1.76 bits per heavy atom. The van der Waals surface area contributed by atoms with Gasteiger partial charge in [-0.2, -0.15) is 0 Å². The topological polar surface area (TPSA) is 73.8 Å². The number of ether oxygens (including phenoxy) is 3. The fourth-order valence-electron chi connectivity index (χ4n) is 3.80. The summed E-state index contributed by atoms with van der Waals surface area (Å²) in [6, 6.07) is 13.3. The highest BCUT2D eigenvalue weighted by Gasteiger charge is 2.25. The summed E-state index contributed by atoms with van der Waals surface area (Å²) in [4.78, 5) is 24.7. The molecule has 1 amide bonds. The molecule has 0 aliphatic carbocycles. The zero-order valence-electron chi connectivity index (χ0n) is 19.9. The van der Waals surface area contributed by atoms with Crippen molar-refractivity contribution in [3.05, 3.63) is 71.5 Å². The van der Waals surface area contributed by atoms with Crippen LogP contribution in [0.4, 0.5) is 5.13 Å². The van der Waals surface area contributed by atoms with Crippen LogP contribution >= 0.6 is 11.3 Å². The Labute approximate surface area is 202 Å². The first-order valence-electron chi connectivity index (χ1n) is 10.9. The van der Waals surface area contributed by atoms with Crippen molar-refractivity contribution in [1.29, 1.82) is 0 Å². The number of hydrogen-bond donors (Lipinski definition) is 0. The Balaban J connectivity index is 1.84. The highest BCUT2D eigenvalue weighted by Crippen LogP contribution is 2.40. The molecule has 0 bridgehead atoms. The molecule has 0 saturated carbocycles. The standard InChI is InChI=1S/C26H27N3O4S/c1-16(2)19-9-6-10-22-23(19)28-26(34-22)29(15-17-8-7-11-27-14-17)25(30)18-12-20(31-3)24(33-5)21(13-18)32-4/h6-14,16H,15H2,1-5H3. The van der Waals surface area contributed by atoms with Crippen molar-refractivity contribution in [3.8, 4) is 17.2 Å². The van der Waals surface area contributed by atoms with E-state index in [9.17, 15) is 4.79 Å². The van der Waals surface area contributed by atoms with Crippen molar-refractivity contribution >= 4 is 32.6 Å². The molecular formula is C26H27N3O4S. The number of nitrogens with zero attached hydrogens (tertiary/aromatic N) is 3. The molecule has 0 aliphatic rings. The van der Waals surface area contributed by atoms with Crippen LogP contribution < -0.4 is 19.1 Å². The molecule has 2 aromatic carbocycles. The van der Waals surface area contributed by atoms with E-state index in [2.05, 4.69) is 24.9 Å². The predicted molar refractivity (Wildman–Crippen MR) is 135 cm³/mol. The summed E-state index contributed by atoms with van der Waals surface area (Å²) in [6.07, 6.45) is 3.46. The summed E-state index contributed by atoms with van der Waals surface area (Å²) >= 11 is 1.49. The number of carbonyl (C=O) groups excluding carboxylic acids is 1. The molecular weight excluding hydrogens is 450 g/mol. The summed E-state index contributed by atoms with van der Waals surface area (Å²) in [6.45, 7) is 4.60. The van der Waals surface area contributed by atoms with Crippen LogP contribution in [0.25, 0.3) is 10.2 Å². The van der Waals surface area contributed by atoms with Crippen LogP contribution in [0.3, 0.4) is 0 Å². The number of benzene rings is 2. The molecule has 8 heteroatoms. The van der Waals surface area contributed by atoms with E-state index in [1.807, 2.05) is 24.3 Å². The molecule has 7 nitrogen and oxygen atoms in total. The Hall–Kier alpha value is -3.65. The van der Waals surface area contributed by atoms with Gasteiger partial charge in [0.05, 0.1) is 38.1 Å². The molecule has 4 rings (SSSR count). The van der Waals surface area contributed by atoms with E-state index in [4.69, 9.17) is 19.2 Å². The smallest absolute Gasteiger partial charge is 0.260 e. The number of amides is 1. The van der Waals surface area contributed by atoms with Gasteiger partial charge in [-0.05, 0) is 41.3 Å². The monoisotopic (exact) mass is 477 g/mol. The molecule has 34 heavy (non-hydrogen) atoms. The van der Waals surface area contributed by atoms with Crippen LogP contribution in [-0.2, 0) is 6.54 Å². The zero-order chi connectivity index (χ0) is 24.2. The number of anilines is 1. The lowest BCUT2D eigenvalue weighted by molar-refractivity contribution is 0.0984. The maximum atomic E-state index is 13.9. The van der Waals surface area contributed by atoms with E-state index >= 15 is 0 Å². The predicted octanol–water partition coefficient (Wildman–Crippen LogP) is 5.69. The minimum absolute atomic E-state index is 0.228. The van der Waals surface area contributed by atoms with E-state index in [1.54, 1.807) is 29.4 Å². The number of rotatable bonds is 8. The first-order chi connectivity index (χ1) is 16.5. The average molecular weight is 478 g/mol. The normalized spacial score (nSPS) is 11.0. The van der Waals surface area contributed by atoms with Crippen LogP contribution in [0, 0.1) is 0 Å². The minimum Gasteiger partial charge on any atom is -0.493 e. The van der Waals surface area contributed by atoms with Crippen LogP contribution in [0.1, 0.15) is 41.3 Å². The van der Waals surface area contributed by atoms with Gasteiger partial charge in [-0.1, -0.05) is 43.4 Å². The molecule has 4 aromatic rings. The number of carbonyl (C=O) groups is 1. The fourth-order valence-corrected chi connectivity index (χ4v) is 4.80. The average Bonchev–Trinajstić information content (AvgIpc) is 3.30. The molecule has 0 fully saturated rings. The van der Waals surface area contributed by atoms with Crippen LogP contribution in [0.2, 0.25) is 0 Å². The van der Waals surface area contributed by atoms with Gasteiger partial charge in [0.1, 0.15) is 0 Å². The second kappa shape index (κ2) is 10.1. The van der Waals surface area contributed by atoms with E-state index < -0.39 is 0 Å². The van der Waals surface area contributed by atoms with Crippen molar-refractivity contribution in [2.75, 3.05) is 26.2 Å². The summed E-state index contributed by atoms with van der Waals surface area (Å²) < 4.78 is 17.4. The Morgan fingerprint density at radius 1 is 1.03 bits per heavy atom. The maximum absolute atomic E-state index is 13.9. The third-order valence-electron chi connectivity index (χ3n) is 5.51. The van der Waals surface area contributed by atoms with E-state index in [-0.39, 0.29) is 5.91 Å². The quantitative estimate of drug-likeness (QED) is 0.325. The molecule has 0 radical (unpaired) electrons. The van der Waals surface area contributed by atoms with E-state index in [0.717, 1.165) is 21.3 Å². The van der Waals surface area contributed by atoms with Crippen molar-refractivity contribution in [2.45, 2.75) is 26.3 Å². The molecule has 0 aliphatic heterocycles.